The highest BCUT2D eigenvalue weighted by molar-refractivity contribution is 5.22. The van der Waals surface area contributed by atoms with Gasteiger partial charge in [-0.15, -0.1) is 0 Å². The fourth-order valence-electron chi connectivity index (χ4n) is 1.08. The van der Waals surface area contributed by atoms with Gasteiger partial charge in [0.05, 0.1) is 0 Å². The van der Waals surface area contributed by atoms with Gasteiger partial charge in [-0.1, -0.05) is 0 Å². The zero-order valence-electron chi connectivity index (χ0n) is 6.84. The summed E-state index contributed by atoms with van der Waals surface area (Å²) in [5.41, 5.74) is 0.169. The fourth-order valence-corrected chi connectivity index (χ4v) is 1.08. The van der Waals surface area contributed by atoms with Gasteiger partial charge >= 0.3 is 0 Å². The molecular formula is C8H10F2O2. The summed E-state index contributed by atoms with van der Waals surface area (Å²) in [4.78, 5) is 0. The van der Waals surface area contributed by atoms with Crippen LogP contribution in [0.2, 0.25) is 0 Å². The highest BCUT2D eigenvalue weighted by Crippen LogP contribution is 2.25. The van der Waals surface area contributed by atoms with Crippen LogP contribution in [-0.4, -0.2) is 11.5 Å². The molecule has 0 fully saturated rings. The fraction of sp³-hybridized carbons (Fsp3) is 0.500. The normalized spacial score (nSPS) is 13.8. The second kappa shape index (κ2) is 3.23. The second-order valence-electron chi connectivity index (χ2n) is 2.65. The van der Waals surface area contributed by atoms with Crippen LogP contribution >= 0.6 is 0 Å². The maximum Gasteiger partial charge on any atom is 0.268 e. The Labute approximate surface area is 68.8 Å². The minimum atomic E-state index is -2.76. The molecule has 0 amide bonds. The van der Waals surface area contributed by atoms with Gasteiger partial charge in [-0.2, -0.15) is 0 Å². The van der Waals surface area contributed by atoms with Gasteiger partial charge in [-0.25, -0.2) is 8.78 Å². The van der Waals surface area contributed by atoms with Crippen molar-refractivity contribution in [2.24, 2.45) is 0 Å². The highest BCUT2D eigenvalue weighted by atomic mass is 19.3. The lowest BCUT2D eigenvalue weighted by molar-refractivity contribution is -0.00655. The summed E-state index contributed by atoms with van der Waals surface area (Å²) in [7, 11) is 0. The molecule has 4 heteroatoms. The minimum Gasteiger partial charge on any atom is -0.466 e. The molecule has 1 atom stereocenters. The predicted octanol–water partition coefficient (Wildman–Crippen LogP) is 2.19. The zero-order chi connectivity index (χ0) is 9.30. The Kier molecular flexibility index (Phi) is 2.47. The molecule has 0 saturated carbocycles. The van der Waals surface area contributed by atoms with Gasteiger partial charge in [0.2, 0.25) is 0 Å². The quantitative estimate of drug-likeness (QED) is 0.749. The largest absolute Gasteiger partial charge is 0.466 e. The molecule has 0 bridgehead atoms. The monoisotopic (exact) mass is 176 g/mol. The minimum absolute atomic E-state index is 0.169. The third-order valence-electron chi connectivity index (χ3n) is 1.64. The number of aryl methyl sites for hydroxylation is 2. The Bertz CT molecular complexity index is 268. The van der Waals surface area contributed by atoms with Gasteiger partial charge in [-0.3, -0.25) is 0 Å². The third-order valence-corrected chi connectivity index (χ3v) is 1.64. The molecule has 12 heavy (non-hydrogen) atoms. The molecule has 1 unspecified atom stereocenters. The third kappa shape index (κ3) is 1.64. The molecule has 1 aromatic rings. The average Bonchev–Trinajstić information content (AvgIpc) is 2.28. The molecule has 0 saturated heterocycles. The summed E-state index contributed by atoms with van der Waals surface area (Å²) in [6.07, 6.45) is -4.50. The first-order chi connectivity index (χ1) is 5.52. The maximum atomic E-state index is 12.0. The Hall–Kier alpha value is -0.900. The van der Waals surface area contributed by atoms with Crippen molar-refractivity contribution in [3.05, 3.63) is 23.2 Å². The van der Waals surface area contributed by atoms with Gasteiger partial charge in [0.1, 0.15) is 17.6 Å². The highest BCUT2D eigenvalue weighted by Gasteiger charge is 2.23. The lowest BCUT2D eigenvalue weighted by Gasteiger charge is -2.06. The molecule has 0 aliphatic rings. The van der Waals surface area contributed by atoms with E-state index in [-0.39, 0.29) is 5.56 Å². The second-order valence-corrected chi connectivity index (χ2v) is 2.65. The molecular weight excluding hydrogens is 166 g/mol. The number of aliphatic hydroxyl groups is 1. The number of furan rings is 1. The predicted molar refractivity (Wildman–Crippen MR) is 39.1 cm³/mol. The molecule has 68 valence electrons. The molecule has 0 radical (unpaired) electrons. The van der Waals surface area contributed by atoms with Crippen LogP contribution in [-0.2, 0) is 0 Å². The van der Waals surface area contributed by atoms with Gasteiger partial charge < -0.3 is 9.52 Å². The lowest BCUT2D eigenvalue weighted by Crippen LogP contribution is -2.07. The maximum absolute atomic E-state index is 12.0. The number of halogens is 2. The zero-order valence-corrected chi connectivity index (χ0v) is 6.84. The standard InChI is InChI=1S/C8H10F2O2/c1-4-3-6(5(2)12-4)7(11)8(9)10/h3,7-8,11H,1-2H3. The van der Waals surface area contributed by atoms with E-state index < -0.39 is 12.5 Å². The van der Waals surface area contributed by atoms with Crippen molar-refractivity contribution in [1.29, 1.82) is 0 Å². The number of hydrogen-bond donors (Lipinski definition) is 1. The molecule has 0 aliphatic heterocycles. The number of alkyl halides is 2. The Balaban J connectivity index is 2.94. The van der Waals surface area contributed by atoms with E-state index in [1.165, 1.54) is 6.07 Å². The van der Waals surface area contributed by atoms with Crippen molar-refractivity contribution in [3.63, 3.8) is 0 Å². The summed E-state index contributed by atoms with van der Waals surface area (Å²) in [5.74, 6) is 0.877. The van der Waals surface area contributed by atoms with E-state index >= 15 is 0 Å². The van der Waals surface area contributed by atoms with Crippen molar-refractivity contribution in [2.75, 3.05) is 0 Å². The summed E-state index contributed by atoms with van der Waals surface area (Å²) < 4.78 is 29.0. The van der Waals surface area contributed by atoms with Crippen LogP contribution in [0.4, 0.5) is 8.78 Å². The van der Waals surface area contributed by atoms with E-state index in [0.717, 1.165) is 0 Å². The van der Waals surface area contributed by atoms with Crippen molar-refractivity contribution in [2.45, 2.75) is 26.4 Å². The molecule has 1 aromatic heterocycles. The van der Waals surface area contributed by atoms with Crippen LogP contribution < -0.4 is 0 Å². The van der Waals surface area contributed by atoms with E-state index in [9.17, 15) is 8.78 Å². The van der Waals surface area contributed by atoms with Crippen molar-refractivity contribution in [1.82, 2.24) is 0 Å². The van der Waals surface area contributed by atoms with Gasteiger partial charge in [0.25, 0.3) is 6.43 Å². The molecule has 2 nitrogen and oxygen atoms in total. The molecule has 1 N–H and O–H groups in total. The smallest absolute Gasteiger partial charge is 0.268 e. The van der Waals surface area contributed by atoms with Crippen LogP contribution in [0.25, 0.3) is 0 Å². The first kappa shape index (κ1) is 9.19. The van der Waals surface area contributed by atoms with E-state index in [1.54, 1.807) is 13.8 Å². The van der Waals surface area contributed by atoms with Crippen molar-refractivity contribution < 1.29 is 18.3 Å². The van der Waals surface area contributed by atoms with Crippen molar-refractivity contribution in [3.8, 4) is 0 Å². The van der Waals surface area contributed by atoms with Crippen LogP contribution in [0.1, 0.15) is 23.2 Å². The Morgan fingerprint density at radius 1 is 1.42 bits per heavy atom. The van der Waals surface area contributed by atoms with Crippen LogP contribution in [0.15, 0.2) is 10.5 Å². The van der Waals surface area contributed by atoms with E-state index in [4.69, 9.17) is 9.52 Å². The molecule has 1 heterocycles. The summed E-state index contributed by atoms with van der Waals surface area (Å²) >= 11 is 0. The van der Waals surface area contributed by atoms with Gasteiger partial charge in [-0.05, 0) is 19.9 Å². The molecule has 1 rings (SSSR count). The van der Waals surface area contributed by atoms with Crippen LogP contribution in [0.3, 0.4) is 0 Å². The molecule has 0 spiro atoms. The van der Waals surface area contributed by atoms with Crippen molar-refractivity contribution >= 4 is 0 Å². The SMILES string of the molecule is Cc1cc(C(O)C(F)F)c(C)o1. The van der Waals surface area contributed by atoms with Gasteiger partial charge in [0.15, 0.2) is 0 Å². The molecule has 0 aromatic carbocycles. The average molecular weight is 176 g/mol. The van der Waals surface area contributed by atoms with Crippen LogP contribution in [0, 0.1) is 13.8 Å². The van der Waals surface area contributed by atoms with Crippen LogP contribution in [0.5, 0.6) is 0 Å². The Morgan fingerprint density at radius 2 is 2.00 bits per heavy atom. The Morgan fingerprint density at radius 3 is 2.33 bits per heavy atom. The first-order valence-electron chi connectivity index (χ1n) is 3.55. The summed E-state index contributed by atoms with van der Waals surface area (Å²) in [6, 6.07) is 1.42. The number of aliphatic hydroxyl groups excluding tert-OH is 1. The first-order valence-corrected chi connectivity index (χ1v) is 3.55. The number of hydrogen-bond acceptors (Lipinski definition) is 2. The molecule has 0 aliphatic carbocycles. The summed E-state index contributed by atoms with van der Waals surface area (Å²) in [5, 5.41) is 8.98. The van der Waals surface area contributed by atoms with E-state index in [2.05, 4.69) is 0 Å². The van der Waals surface area contributed by atoms with E-state index in [0.29, 0.717) is 11.5 Å². The topological polar surface area (TPSA) is 33.4 Å². The van der Waals surface area contributed by atoms with E-state index in [1.807, 2.05) is 0 Å². The lowest BCUT2D eigenvalue weighted by atomic mass is 10.1. The van der Waals surface area contributed by atoms with Gasteiger partial charge in [0, 0.05) is 5.56 Å². The number of rotatable bonds is 2. The summed E-state index contributed by atoms with van der Waals surface area (Å²) in [6.45, 7) is 3.20.